The lowest BCUT2D eigenvalue weighted by Crippen LogP contribution is -2.46. The third-order valence-corrected chi connectivity index (χ3v) is 4.66. The number of nitrogens with zero attached hydrogens (tertiary/aromatic N) is 5. The van der Waals surface area contributed by atoms with Gasteiger partial charge in [0.2, 0.25) is 11.8 Å². The van der Waals surface area contributed by atoms with Crippen molar-refractivity contribution in [3.63, 3.8) is 0 Å². The summed E-state index contributed by atoms with van der Waals surface area (Å²) in [6.45, 7) is 8.92. The zero-order chi connectivity index (χ0) is 18.4. The van der Waals surface area contributed by atoms with Crippen LogP contribution >= 0.6 is 0 Å². The maximum absolute atomic E-state index is 12.1. The number of carbonyl (C=O) groups excluding carboxylic acids is 1. The average molecular weight is 358 g/mol. The van der Waals surface area contributed by atoms with E-state index in [1.807, 2.05) is 6.07 Å². The number of hydrogen-bond acceptors (Lipinski definition) is 7. The van der Waals surface area contributed by atoms with Gasteiger partial charge in [-0.15, -0.1) is 0 Å². The van der Waals surface area contributed by atoms with Gasteiger partial charge in [0, 0.05) is 45.1 Å². The number of rotatable bonds is 7. The molecule has 0 aromatic carbocycles. The molecule has 2 aromatic rings. The minimum Gasteiger partial charge on any atom is -0.447 e. The zero-order valence-corrected chi connectivity index (χ0v) is 15.4. The van der Waals surface area contributed by atoms with Gasteiger partial charge in [0.25, 0.3) is 5.91 Å². The average Bonchev–Trinajstić information content (AvgIpc) is 3.15. The van der Waals surface area contributed by atoms with Crippen LogP contribution in [0.2, 0.25) is 0 Å². The smallest absolute Gasteiger partial charge is 0.273 e. The zero-order valence-electron chi connectivity index (χ0n) is 15.4. The van der Waals surface area contributed by atoms with Gasteiger partial charge < -0.3 is 14.6 Å². The van der Waals surface area contributed by atoms with Crippen molar-refractivity contribution in [1.82, 2.24) is 25.2 Å². The molecule has 0 saturated carbocycles. The van der Waals surface area contributed by atoms with Crippen molar-refractivity contribution in [2.75, 3.05) is 37.6 Å². The van der Waals surface area contributed by atoms with Crippen LogP contribution in [-0.2, 0) is 6.54 Å². The number of carbonyl (C=O) groups is 1. The highest BCUT2D eigenvalue weighted by Crippen LogP contribution is 2.12. The molecule has 3 heterocycles. The molecule has 0 aliphatic carbocycles. The molecule has 8 heteroatoms. The summed E-state index contributed by atoms with van der Waals surface area (Å²) in [7, 11) is 0. The number of amides is 1. The Morgan fingerprint density at radius 1 is 1.27 bits per heavy atom. The van der Waals surface area contributed by atoms with E-state index in [1.54, 1.807) is 12.4 Å². The lowest BCUT2D eigenvalue weighted by Gasteiger charge is -2.33. The van der Waals surface area contributed by atoms with Crippen LogP contribution in [0.4, 0.5) is 5.95 Å². The monoisotopic (exact) mass is 358 g/mol. The fourth-order valence-corrected chi connectivity index (χ4v) is 2.74. The van der Waals surface area contributed by atoms with E-state index < -0.39 is 0 Å². The standard InChI is InChI=1S/C18H26N6O2/c1-3-14(2)11-21-17(25)15-13-26-16(22-15)12-23-7-9-24(10-8-23)18-19-5-4-6-20-18/h4-6,13-14H,3,7-12H2,1-2H3,(H,21,25)/t14-/m1/s1. The first-order valence-electron chi connectivity index (χ1n) is 9.12. The van der Waals surface area contributed by atoms with Crippen molar-refractivity contribution < 1.29 is 9.21 Å². The maximum Gasteiger partial charge on any atom is 0.273 e. The third kappa shape index (κ3) is 4.78. The Kier molecular flexibility index (Phi) is 6.17. The van der Waals surface area contributed by atoms with E-state index in [0.717, 1.165) is 38.5 Å². The summed E-state index contributed by atoms with van der Waals surface area (Å²) in [6, 6.07) is 1.82. The molecule has 1 aliphatic rings. The van der Waals surface area contributed by atoms with Crippen molar-refractivity contribution in [2.45, 2.75) is 26.8 Å². The highest BCUT2D eigenvalue weighted by Gasteiger charge is 2.21. The first kappa shape index (κ1) is 18.3. The molecule has 3 rings (SSSR count). The first-order chi connectivity index (χ1) is 12.7. The van der Waals surface area contributed by atoms with Gasteiger partial charge in [-0.2, -0.15) is 0 Å². The molecule has 0 spiro atoms. The van der Waals surface area contributed by atoms with E-state index >= 15 is 0 Å². The van der Waals surface area contributed by atoms with Crippen molar-refractivity contribution >= 4 is 11.9 Å². The molecule has 8 nitrogen and oxygen atoms in total. The Bertz CT molecular complexity index is 697. The summed E-state index contributed by atoms with van der Waals surface area (Å²) < 4.78 is 5.48. The summed E-state index contributed by atoms with van der Waals surface area (Å²) >= 11 is 0. The molecule has 0 radical (unpaired) electrons. The van der Waals surface area contributed by atoms with Crippen LogP contribution in [0.15, 0.2) is 29.1 Å². The van der Waals surface area contributed by atoms with E-state index in [1.165, 1.54) is 6.26 Å². The van der Waals surface area contributed by atoms with E-state index in [4.69, 9.17) is 4.42 Å². The minimum atomic E-state index is -0.175. The predicted molar refractivity (Wildman–Crippen MR) is 97.8 cm³/mol. The normalized spacial score (nSPS) is 16.5. The predicted octanol–water partition coefficient (Wildman–Crippen LogP) is 1.56. The molecule has 140 valence electrons. The molecule has 0 bridgehead atoms. The van der Waals surface area contributed by atoms with Gasteiger partial charge in [0.1, 0.15) is 6.26 Å². The Hall–Kier alpha value is -2.48. The molecule has 1 saturated heterocycles. The fraction of sp³-hybridized carbons (Fsp3) is 0.556. The van der Waals surface area contributed by atoms with Crippen LogP contribution < -0.4 is 10.2 Å². The largest absolute Gasteiger partial charge is 0.447 e. The lowest BCUT2D eigenvalue weighted by atomic mass is 10.1. The quantitative estimate of drug-likeness (QED) is 0.804. The Balaban J connectivity index is 1.47. The van der Waals surface area contributed by atoms with Crippen LogP contribution in [0.5, 0.6) is 0 Å². The molecule has 1 N–H and O–H groups in total. The van der Waals surface area contributed by atoms with E-state index in [-0.39, 0.29) is 5.91 Å². The fourth-order valence-electron chi connectivity index (χ4n) is 2.74. The maximum atomic E-state index is 12.1. The Labute approximate surface area is 153 Å². The van der Waals surface area contributed by atoms with Crippen LogP contribution in [-0.4, -0.2) is 58.5 Å². The SMILES string of the molecule is CC[C@@H](C)CNC(=O)c1coc(CN2CCN(c3ncccn3)CC2)n1. The van der Waals surface area contributed by atoms with Crippen molar-refractivity contribution in [2.24, 2.45) is 5.92 Å². The summed E-state index contributed by atoms with van der Waals surface area (Å²) in [5.74, 6) is 1.62. The summed E-state index contributed by atoms with van der Waals surface area (Å²) in [5.41, 5.74) is 0.347. The van der Waals surface area contributed by atoms with Gasteiger partial charge in [-0.3, -0.25) is 9.69 Å². The second-order valence-electron chi connectivity index (χ2n) is 6.66. The van der Waals surface area contributed by atoms with Gasteiger partial charge in [-0.1, -0.05) is 20.3 Å². The molecule has 1 amide bonds. The number of piperazine rings is 1. The Morgan fingerprint density at radius 2 is 2.00 bits per heavy atom. The Morgan fingerprint density at radius 3 is 2.69 bits per heavy atom. The van der Waals surface area contributed by atoms with Gasteiger partial charge in [0.15, 0.2) is 5.69 Å². The second-order valence-corrected chi connectivity index (χ2v) is 6.66. The molecule has 1 aliphatic heterocycles. The highest BCUT2D eigenvalue weighted by atomic mass is 16.3. The van der Waals surface area contributed by atoms with Crippen LogP contribution in [0.1, 0.15) is 36.6 Å². The third-order valence-electron chi connectivity index (χ3n) is 4.66. The molecular weight excluding hydrogens is 332 g/mol. The van der Waals surface area contributed by atoms with E-state index in [9.17, 15) is 4.79 Å². The molecule has 1 fully saturated rings. The van der Waals surface area contributed by atoms with Crippen LogP contribution in [0.3, 0.4) is 0 Å². The summed E-state index contributed by atoms with van der Waals surface area (Å²) in [6.07, 6.45) is 5.99. The molecular formula is C18H26N6O2. The number of hydrogen-bond donors (Lipinski definition) is 1. The molecule has 0 unspecified atom stereocenters. The molecule has 26 heavy (non-hydrogen) atoms. The highest BCUT2D eigenvalue weighted by molar-refractivity contribution is 5.91. The minimum absolute atomic E-state index is 0.175. The van der Waals surface area contributed by atoms with Gasteiger partial charge >= 0.3 is 0 Å². The van der Waals surface area contributed by atoms with Crippen LogP contribution in [0.25, 0.3) is 0 Å². The molecule has 2 aromatic heterocycles. The topological polar surface area (TPSA) is 87.4 Å². The van der Waals surface area contributed by atoms with Gasteiger partial charge in [-0.05, 0) is 12.0 Å². The first-order valence-corrected chi connectivity index (χ1v) is 9.12. The number of anilines is 1. The van der Waals surface area contributed by atoms with E-state index in [2.05, 4.69) is 43.9 Å². The van der Waals surface area contributed by atoms with Gasteiger partial charge in [-0.25, -0.2) is 15.0 Å². The summed E-state index contributed by atoms with van der Waals surface area (Å²) in [5, 5.41) is 2.89. The van der Waals surface area contributed by atoms with Crippen molar-refractivity contribution in [1.29, 1.82) is 0 Å². The number of nitrogens with one attached hydrogen (secondary N) is 1. The molecule has 1 atom stereocenters. The summed E-state index contributed by atoms with van der Waals surface area (Å²) in [4.78, 5) is 29.4. The van der Waals surface area contributed by atoms with Gasteiger partial charge in [0.05, 0.1) is 6.54 Å². The number of oxazole rings is 1. The number of aromatic nitrogens is 3. The second kappa shape index (κ2) is 8.75. The van der Waals surface area contributed by atoms with Crippen molar-refractivity contribution in [3.8, 4) is 0 Å². The lowest BCUT2D eigenvalue weighted by molar-refractivity contribution is 0.0942. The van der Waals surface area contributed by atoms with Crippen LogP contribution in [0, 0.1) is 5.92 Å². The van der Waals surface area contributed by atoms with E-state index in [0.29, 0.717) is 30.6 Å². The van der Waals surface area contributed by atoms with Crippen molar-refractivity contribution in [3.05, 3.63) is 36.3 Å².